The molecule has 1 rings (SSSR count). The van der Waals surface area contributed by atoms with Crippen molar-refractivity contribution < 1.29 is 0 Å². The minimum absolute atomic E-state index is 0.913. The van der Waals surface area contributed by atoms with Crippen LogP contribution in [0, 0.1) is 5.54 Å². The highest BCUT2D eigenvalue weighted by molar-refractivity contribution is 6.88. The zero-order chi connectivity index (χ0) is 13.1. The summed E-state index contributed by atoms with van der Waals surface area (Å²) in [7, 11) is -1.24. The van der Waals surface area contributed by atoms with Crippen LogP contribution < -0.4 is 0 Å². The van der Waals surface area contributed by atoms with Gasteiger partial charge in [-0.1, -0.05) is 83.8 Å². The largest absolute Gasteiger partial charge is 0.0677 e. The van der Waals surface area contributed by atoms with E-state index in [1.165, 1.54) is 38.5 Å². The Morgan fingerprint density at radius 1 is 0.647 bits per heavy atom. The molecule has 0 N–H and O–H groups in total. The van der Waals surface area contributed by atoms with Crippen LogP contribution in [0.25, 0.3) is 0 Å². The first-order valence-electron chi connectivity index (χ1n) is 7.79. The van der Waals surface area contributed by atoms with Crippen LogP contribution in [0.2, 0.25) is 16.6 Å². The smallest absolute Gasteiger partial charge is 0.0651 e. The summed E-state index contributed by atoms with van der Waals surface area (Å²) >= 11 is 0. The lowest BCUT2D eigenvalue weighted by molar-refractivity contribution is 0.702. The van der Waals surface area contributed by atoms with E-state index in [4.69, 9.17) is 0 Å². The standard InChI is InChI=1S/C16H33Si/c1-13(2)17(14(3)4,15(5)6)16-11-9-7-8-10-12-16/h13-15H,7-12H2,1-6H3. The highest BCUT2D eigenvalue weighted by Gasteiger charge is 2.48. The molecule has 0 atom stereocenters. The third-order valence-corrected chi connectivity index (χ3v) is 12.6. The van der Waals surface area contributed by atoms with E-state index in [0.717, 1.165) is 16.6 Å². The van der Waals surface area contributed by atoms with Crippen molar-refractivity contribution in [2.45, 2.75) is 96.7 Å². The van der Waals surface area contributed by atoms with Gasteiger partial charge < -0.3 is 0 Å². The number of rotatable bonds is 4. The molecular formula is C16H33Si. The molecule has 1 heteroatoms. The molecule has 0 aromatic rings. The summed E-state index contributed by atoms with van der Waals surface area (Å²) in [6.07, 6.45) is 8.80. The van der Waals surface area contributed by atoms with E-state index in [-0.39, 0.29) is 0 Å². The maximum Gasteiger partial charge on any atom is 0.0677 e. The second-order valence-corrected chi connectivity index (χ2v) is 13.0. The molecule has 0 aromatic carbocycles. The SMILES string of the molecule is CC(C)[Si]([C]1CCCCCC1)(C(C)C)C(C)C. The molecule has 101 valence electrons. The fourth-order valence-electron chi connectivity index (χ4n) is 4.81. The Hall–Kier alpha value is 0.217. The Morgan fingerprint density at radius 3 is 1.29 bits per heavy atom. The van der Waals surface area contributed by atoms with E-state index in [9.17, 15) is 0 Å². The zero-order valence-electron chi connectivity index (χ0n) is 13.0. The van der Waals surface area contributed by atoms with Crippen molar-refractivity contribution in [3.8, 4) is 0 Å². The molecule has 0 aliphatic heterocycles. The number of hydrogen-bond donors (Lipinski definition) is 0. The first-order valence-corrected chi connectivity index (χ1v) is 10.0. The van der Waals surface area contributed by atoms with Crippen LogP contribution in [0.4, 0.5) is 0 Å². The van der Waals surface area contributed by atoms with Crippen molar-refractivity contribution in [2.75, 3.05) is 0 Å². The van der Waals surface area contributed by atoms with Gasteiger partial charge in [-0.25, -0.2) is 0 Å². The van der Waals surface area contributed by atoms with Crippen LogP contribution in [0.1, 0.15) is 80.1 Å². The maximum absolute atomic E-state index is 2.50. The van der Waals surface area contributed by atoms with Gasteiger partial charge in [-0.2, -0.15) is 0 Å². The van der Waals surface area contributed by atoms with Crippen molar-refractivity contribution in [3.63, 3.8) is 0 Å². The first-order chi connectivity index (χ1) is 7.94. The maximum atomic E-state index is 2.50. The van der Waals surface area contributed by atoms with Gasteiger partial charge in [0, 0.05) is 0 Å². The minimum atomic E-state index is -1.24. The average Bonchev–Trinajstić information content (AvgIpc) is 2.45. The van der Waals surface area contributed by atoms with Crippen LogP contribution in [-0.4, -0.2) is 8.07 Å². The molecule has 0 saturated heterocycles. The molecule has 0 bridgehead atoms. The quantitative estimate of drug-likeness (QED) is 0.417. The summed E-state index contributed by atoms with van der Waals surface area (Å²) in [5.41, 5.74) is 4.77. The lowest BCUT2D eigenvalue weighted by Crippen LogP contribution is -2.50. The number of hydrogen-bond acceptors (Lipinski definition) is 0. The van der Waals surface area contributed by atoms with Gasteiger partial charge in [0.1, 0.15) is 0 Å². The van der Waals surface area contributed by atoms with Crippen LogP contribution in [0.3, 0.4) is 0 Å². The molecule has 0 aromatic heterocycles. The lowest BCUT2D eigenvalue weighted by Gasteiger charge is -2.49. The predicted octanol–water partition coefficient (Wildman–Crippen LogP) is 6.13. The Kier molecular flexibility index (Phi) is 5.75. The van der Waals surface area contributed by atoms with Gasteiger partial charge in [0.25, 0.3) is 0 Å². The summed E-state index contributed by atoms with van der Waals surface area (Å²) in [5, 5.41) is 0. The van der Waals surface area contributed by atoms with Crippen LogP contribution in [-0.2, 0) is 0 Å². The van der Waals surface area contributed by atoms with Crippen molar-refractivity contribution in [2.24, 2.45) is 0 Å². The lowest BCUT2D eigenvalue weighted by atomic mass is 10.2. The second kappa shape index (κ2) is 6.40. The van der Waals surface area contributed by atoms with E-state index in [1.54, 1.807) is 0 Å². The summed E-state index contributed by atoms with van der Waals surface area (Å²) in [6.45, 7) is 15.0. The molecule has 0 heterocycles. The summed E-state index contributed by atoms with van der Waals surface area (Å²) < 4.78 is 0. The molecule has 1 aliphatic rings. The van der Waals surface area contributed by atoms with Crippen molar-refractivity contribution in [1.29, 1.82) is 0 Å². The van der Waals surface area contributed by atoms with Crippen molar-refractivity contribution in [3.05, 3.63) is 5.54 Å². The van der Waals surface area contributed by atoms with Crippen LogP contribution in [0.15, 0.2) is 0 Å². The summed E-state index contributed by atoms with van der Waals surface area (Å²) in [6, 6.07) is 0. The Bertz CT molecular complexity index is 188. The van der Waals surface area contributed by atoms with Gasteiger partial charge in [0.15, 0.2) is 0 Å². The topological polar surface area (TPSA) is 0 Å². The normalized spacial score (nSPS) is 20.3. The van der Waals surface area contributed by atoms with E-state index < -0.39 is 8.07 Å². The van der Waals surface area contributed by atoms with Crippen LogP contribution in [0.5, 0.6) is 0 Å². The van der Waals surface area contributed by atoms with Gasteiger partial charge in [0.05, 0.1) is 8.07 Å². The van der Waals surface area contributed by atoms with Gasteiger partial charge >= 0.3 is 0 Å². The predicted molar refractivity (Wildman–Crippen MR) is 82.0 cm³/mol. The Labute approximate surface area is 111 Å². The second-order valence-electron chi connectivity index (χ2n) is 6.91. The van der Waals surface area contributed by atoms with Gasteiger partial charge in [-0.15, -0.1) is 0 Å². The van der Waals surface area contributed by atoms with Crippen molar-refractivity contribution >= 4 is 8.07 Å². The highest BCUT2D eigenvalue weighted by Crippen LogP contribution is 2.51. The van der Waals surface area contributed by atoms with Gasteiger partial charge in [0.2, 0.25) is 0 Å². The first kappa shape index (κ1) is 15.3. The van der Waals surface area contributed by atoms with Crippen molar-refractivity contribution in [1.82, 2.24) is 0 Å². The molecule has 1 aliphatic carbocycles. The van der Waals surface area contributed by atoms with E-state index in [0.29, 0.717) is 0 Å². The average molecular weight is 254 g/mol. The van der Waals surface area contributed by atoms with E-state index >= 15 is 0 Å². The fraction of sp³-hybridized carbons (Fsp3) is 0.938. The summed E-state index contributed by atoms with van der Waals surface area (Å²) in [5.74, 6) is 0. The molecule has 0 amide bonds. The molecule has 1 fully saturated rings. The van der Waals surface area contributed by atoms with Gasteiger partial charge in [-0.3, -0.25) is 0 Å². The molecule has 1 saturated carbocycles. The zero-order valence-corrected chi connectivity index (χ0v) is 14.0. The fourth-order valence-corrected chi connectivity index (χ4v) is 12.5. The Balaban J connectivity index is 3.01. The summed E-state index contributed by atoms with van der Waals surface area (Å²) in [4.78, 5) is 0. The highest BCUT2D eigenvalue weighted by atomic mass is 28.3. The Morgan fingerprint density at radius 2 is 1.00 bits per heavy atom. The van der Waals surface area contributed by atoms with E-state index in [2.05, 4.69) is 41.5 Å². The van der Waals surface area contributed by atoms with Gasteiger partial charge in [-0.05, 0) is 18.4 Å². The monoisotopic (exact) mass is 253 g/mol. The molecule has 0 unspecified atom stereocenters. The third kappa shape index (κ3) is 2.97. The van der Waals surface area contributed by atoms with Crippen LogP contribution >= 0.6 is 0 Å². The molecule has 1 radical (unpaired) electrons. The molecule has 17 heavy (non-hydrogen) atoms. The van der Waals surface area contributed by atoms with E-state index in [1.807, 2.05) is 5.54 Å². The molecule has 0 nitrogen and oxygen atoms in total. The molecular weight excluding hydrogens is 220 g/mol. The molecule has 0 spiro atoms. The third-order valence-electron chi connectivity index (χ3n) is 5.19. The minimum Gasteiger partial charge on any atom is -0.0651 e.